The van der Waals surface area contributed by atoms with Gasteiger partial charge in [0.05, 0.1) is 0 Å². The third kappa shape index (κ3) is 5.15. The van der Waals surface area contributed by atoms with E-state index in [1.54, 1.807) is 0 Å². The van der Waals surface area contributed by atoms with Gasteiger partial charge in [0.15, 0.2) is 23.0 Å². The van der Waals surface area contributed by atoms with Crippen molar-refractivity contribution in [1.82, 2.24) is 4.48 Å². The molecule has 0 spiro atoms. The van der Waals surface area contributed by atoms with Gasteiger partial charge in [-0.2, -0.15) is 0 Å². The molecule has 0 bridgehead atoms. The zero-order valence-electron chi connectivity index (χ0n) is 36.9. The Morgan fingerprint density at radius 2 is 1.20 bits per heavy atom. The number of fused-ring (bicyclic) bond motifs is 10. The van der Waals surface area contributed by atoms with Gasteiger partial charge in [0.1, 0.15) is 0 Å². The van der Waals surface area contributed by atoms with Gasteiger partial charge in [-0.15, -0.1) is 0 Å². The van der Waals surface area contributed by atoms with Gasteiger partial charge >= 0.3 is 6.85 Å². The number of anilines is 3. The second kappa shape index (κ2) is 11.7. The van der Waals surface area contributed by atoms with Gasteiger partial charge in [-0.3, -0.25) is 0 Å². The SMILES string of the molecule is Cc1cc2c3c(c1)N(c1cc4c(cc1C)C(C)(C)CCC4(C)C)c1cc4c(cc1B3n1c3ccc(C(C)(C)C)cc3c3cc(C(C)(C)C)cc-2c31)Oc1ccccc1O4. The number of rotatable bonds is 1. The lowest BCUT2D eigenvalue weighted by Gasteiger charge is -2.45. The van der Waals surface area contributed by atoms with Crippen LogP contribution in [0.3, 0.4) is 0 Å². The molecular formula is C54H55BN2O2. The molecule has 0 N–H and O–H groups in total. The van der Waals surface area contributed by atoms with E-state index in [0.29, 0.717) is 0 Å². The Kier molecular flexibility index (Phi) is 7.24. The first-order valence-electron chi connectivity index (χ1n) is 21.7. The van der Waals surface area contributed by atoms with Crippen LogP contribution in [-0.2, 0) is 21.7 Å². The molecule has 0 atom stereocenters. The number of para-hydroxylation sites is 2. The molecule has 0 fully saturated rings. The monoisotopic (exact) mass is 774 g/mol. The number of ether oxygens (including phenoxy) is 2. The first-order chi connectivity index (χ1) is 27.8. The predicted molar refractivity (Wildman–Crippen MR) is 249 cm³/mol. The van der Waals surface area contributed by atoms with Crippen LogP contribution >= 0.6 is 0 Å². The topological polar surface area (TPSA) is 26.6 Å². The molecule has 296 valence electrons. The standard InChI is InChI=1S/C54H55BN2O2/c1-30-21-35-37-26-33(52(6,7)8)25-36-34-24-32(51(3,4)5)17-18-41(34)57(50(36)37)55-40-28-47-48(59-46-16-14-13-15-45(46)58-47)29-43(40)56(44(22-30)49(35)55)42-27-39-38(23-31(42)2)53(9,10)19-20-54(39,11)12/h13-18,21-29H,19-20H2,1-12H3. The van der Waals surface area contributed by atoms with E-state index in [0.717, 1.165) is 35.1 Å². The maximum Gasteiger partial charge on any atom is 0.333 e. The number of nitrogens with zero attached hydrogens (tertiary/aromatic N) is 2. The summed E-state index contributed by atoms with van der Waals surface area (Å²) in [5.41, 5.74) is 19.7. The molecule has 1 aromatic heterocycles. The summed E-state index contributed by atoms with van der Waals surface area (Å²) >= 11 is 0. The van der Waals surface area contributed by atoms with E-state index in [1.807, 2.05) is 24.3 Å². The summed E-state index contributed by atoms with van der Waals surface area (Å²) < 4.78 is 16.1. The first-order valence-corrected chi connectivity index (χ1v) is 21.7. The molecule has 6 aromatic carbocycles. The molecule has 59 heavy (non-hydrogen) atoms. The Hall–Kier alpha value is -5.42. The molecule has 4 nitrogen and oxygen atoms in total. The van der Waals surface area contributed by atoms with Crippen molar-refractivity contribution in [2.24, 2.45) is 0 Å². The lowest BCUT2D eigenvalue weighted by molar-refractivity contribution is 0.332. The molecule has 4 aliphatic rings. The Labute approximate surface area is 350 Å². The van der Waals surface area contributed by atoms with E-state index in [1.165, 1.54) is 95.0 Å². The molecule has 11 rings (SSSR count). The molecule has 4 heterocycles. The average molecular weight is 775 g/mol. The minimum atomic E-state index is -0.0975. The molecule has 0 saturated carbocycles. The largest absolute Gasteiger partial charge is 0.450 e. The van der Waals surface area contributed by atoms with Crippen LogP contribution in [0.1, 0.15) is 115 Å². The van der Waals surface area contributed by atoms with Gasteiger partial charge in [0.2, 0.25) is 0 Å². The molecule has 0 unspecified atom stereocenters. The van der Waals surface area contributed by atoms with Crippen LogP contribution in [0.5, 0.6) is 23.0 Å². The Balaban J connectivity index is 1.28. The summed E-state index contributed by atoms with van der Waals surface area (Å²) in [5, 5.41) is 2.64. The van der Waals surface area contributed by atoms with Crippen molar-refractivity contribution in [3.63, 3.8) is 0 Å². The van der Waals surface area contributed by atoms with Crippen LogP contribution in [0.25, 0.3) is 32.9 Å². The predicted octanol–water partition coefficient (Wildman–Crippen LogP) is 13.7. The molecule has 0 radical (unpaired) electrons. The van der Waals surface area contributed by atoms with E-state index in [9.17, 15) is 0 Å². The molecular weight excluding hydrogens is 719 g/mol. The van der Waals surface area contributed by atoms with Crippen LogP contribution in [0.4, 0.5) is 17.1 Å². The van der Waals surface area contributed by atoms with E-state index in [-0.39, 0.29) is 28.5 Å². The zero-order chi connectivity index (χ0) is 41.3. The fourth-order valence-electron chi connectivity index (χ4n) is 10.8. The summed E-state index contributed by atoms with van der Waals surface area (Å²) in [6.45, 7) is 28.2. The summed E-state index contributed by atoms with van der Waals surface area (Å²) in [4.78, 5) is 2.58. The highest BCUT2D eigenvalue weighted by molar-refractivity contribution is 6.90. The van der Waals surface area contributed by atoms with Gasteiger partial charge in [-0.1, -0.05) is 99.6 Å². The van der Waals surface area contributed by atoms with Crippen molar-refractivity contribution in [2.45, 2.75) is 118 Å². The normalized spacial score (nSPS) is 16.8. The minimum absolute atomic E-state index is 0.0155. The number of hydrogen-bond acceptors (Lipinski definition) is 3. The van der Waals surface area contributed by atoms with Crippen LogP contribution < -0.4 is 25.3 Å². The Morgan fingerprint density at radius 1 is 0.576 bits per heavy atom. The average Bonchev–Trinajstić information content (AvgIpc) is 3.50. The molecule has 1 aliphatic carbocycles. The minimum Gasteiger partial charge on any atom is -0.450 e. The molecule has 5 heteroatoms. The maximum absolute atomic E-state index is 6.75. The van der Waals surface area contributed by atoms with Crippen molar-refractivity contribution < 1.29 is 9.47 Å². The molecule has 0 saturated heterocycles. The summed E-state index contributed by atoms with van der Waals surface area (Å²) in [7, 11) is 0. The number of benzene rings is 6. The van der Waals surface area contributed by atoms with E-state index in [4.69, 9.17) is 9.47 Å². The second-order valence-corrected chi connectivity index (χ2v) is 21.5. The molecule has 3 aliphatic heterocycles. The van der Waals surface area contributed by atoms with Gasteiger partial charge in [0, 0.05) is 50.5 Å². The third-order valence-corrected chi connectivity index (χ3v) is 14.3. The fraction of sp³-hybridized carbons (Fsp3) is 0.333. The summed E-state index contributed by atoms with van der Waals surface area (Å²) in [6, 6.07) is 34.7. The maximum atomic E-state index is 6.75. The van der Waals surface area contributed by atoms with Crippen molar-refractivity contribution >= 4 is 56.6 Å². The van der Waals surface area contributed by atoms with E-state index < -0.39 is 0 Å². The van der Waals surface area contributed by atoms with Crippen LogP contribution in [0, 0.1) is 13.8 Å². The van der Waals surface area contributed by atoms with Crippen LogP contribution in [-0.4, -0.2) is 11.3 Å². The number of aryl methyl sites for hydroxylation is 2. The van der Waals surface area contributed by atoms with Crippen molar-refractivity contribution in [3.05, 3.63) is 124 Å². The third-order valence-electron chi connectivity index (χ3n) is 14.3. The van der Waals surface area contributed by atoms with E-state index >= 15 is 0 Å². The Bertz CT molecular complexity index is 3000. The highest BCUT2D eigenvalue weighted by atomic mass is 16.6. The van der Waals surface area contributed by atoms with Crippen LogP contribution in [0.2, 0.25) is 0 Å². The zero-order valence-corrected chi connectivity index (χ0v) is 36.9. The summed E-state index contributed by atoms with van der Waals surface area (Å²) in [6.07, 6.45) is 2.34. The van der Waals surface area contributed by atoms with Gasteiger partial charge in [0.25, 0.3) is 0 Å². The highest BCUT2D eigenvalue weighted by Gasteiger charge is 2.46. The van der Waals surface area contributed by atoms with Crippen molar-refractivity contribution in [2.75, 3.05) is 4.90 Å². The van der Waals surface area contributed by atoms with Gasteiger partial charge in [-0.25, -0.2) is 0 Å². The molecule has 7 aromatic rings. The first kappa shape index (κ1) is 36.6. The Morgan fingerprint density at radius 3 is 1.86 bits per heavy atom. The lowest BCUT2D eigenvalue weighted by Crippen LogP contribution is -2.56. The lowest BCUT2D eigenvalue weighted by atomic mass is 9.45. The highest BCUT2D eigenvalue weighted by Crippen LogP contribution is 2.54. The van der Waals surface area contributed by atoms with Gasteiger partial charge < -0.3 is 18.9 Å². The van der Waals surface area contributed by atoms with Crippen LogP contribution in [0.15, 0.2) is 91.0 Å². The second-order valence-electron chi connectivity index (χ2n) is 21.5. The molecule has 0 amide bonds. The van der Waals surface area contributed by atoms with Crippen molar-refractivity contribution in [1.29, 1.82) is 0 Å². The summed E-state index contributed by atoms with van der Waals surface area (Å²) in [5.74, 6) is 2.97. The van der Waals surface area contributed by atoms with Crippen molar-refractivity contribution in [3.8, 4) is 34.1 Å². The number of aromatic nitrogens is 1. The fourth-order valence-corrected chi connectivity index (χ4v) is 10.8. The number of hydrogen-bond donors (Lipinski definition) is 0. The quantitative estimate of drug-likeness (QED) is 0.155. The smallest absolute Gasteiger partial charge is 0.333 e. The van der Waals surface area contributed by atoms with E-state index in [2.05, 4.69) is 159 Å². The van der Waals surface area contributed by atoms with Gasteiger partial charge in [-0.05, 0) is 153 Å².